The van der Waals surface area contributed by atoms with Crippen molar-refractivity contribution < 1.29 is 32.6 Å². The Balaban J connectivity index is 1.97. The van der Waals surface area contributed by atoms with Crippen molar-refractivity contribution in [2.24, 2.45) is 5.16 Å². The van der Waals surface area contributed by atoms with E-state index in [0.29, 0.717) is 5.75 Å². The molecule has 1 N–H and O–H groups in total. The molecule has 0 radical (unpaired) electrons. The summed E-state index contributed by atoms with van der Waals surface area (Å²) in [5.74, 6) is -2.83. The highest BCUT2D eigenvalue weighted by Crippen LogP contribution is 2.32. The minimum Gasteiger partial charge on any atom is -0.497 e. The summed E-state index contributed by atoms with van der Waals surface area (Å²) in [5.41, 5.74) is -0.173. The molecule has 0 saturated heterocycles. The number of likely N-dealkylation sites (N-methyl/N-ethyl adjacent to an activating group) is 1. The predicted molar refractivity (Wildman–Crippen MR) is 109 cm³/mol. The van der Waals surface area contributed by atoms with Gasteiger partial charge in [-0.25, -0.2) is 4.39 Å². The fourth-order valence-corrected chi connectivity index (χ4v) is 2.56. The molecular weight excluding hydrogens is 426 g/mol. The van der Waals surface area contributed by atoms with Crippen molar-refractivity contribution in [2.45, 2.75) is 0 Å². The molecule has 0 unspecified atom stereocenters. The Morgan fingerprint density at radius 1 is 1.00 bits per heavy atom. The highest BCUT2D eigenvalue weighted by Gasteiger charge is 2.22. The third-order valence-electron chi connectivity index (χ3n) is 4.01. The largest absolute Gasteiger partial charge is 0.497 e. The lowest BCUT2D eigenvalue weighted by Crippen LogP contribution is -2.29. The summed E-state index contributed by atoms with van der Waals surface area (Å²) in [5, 5.41) is 6.03. The molecule has 1 heterocycles. The van der Waals surface area contributed by atoms with Crippen LogP contribution >= 0.6 is 0 Å². The maximum atomic E-state index is 15.0. The molecule has 0 spiro atoms. The van der Waals surface area contributed by atoms with E-state index in [2.05, 4.69) is 20.4 Å². The zero-order chi connectivity index (χ0) is 23.1. The van der Waals surface area contributed by atoms with E-state index >= 15 is 0 Å². The second-order valence-corrected chi connectivity index (χ2v) is 6.02. The van der Waals surface area contributed by atoms with Crippen molar-refractivity contribution in [1.29, 1.82) is 0 Å². The number of methoxy groups -OCH3 is 1. The molecule has 32 heavy (non-hydrogen) atoms. The number of nitrogens with one attached hydrogen (secondary N) is 1. The summed E-state index contributed by atoms with van der Waals surface area (Å²) < 4.78 is 44.9. The Bertz CT molecular complexity index is 1160. The van der Waals surface area contributed by atoms with Crippen LogP contribution in [0.15, 0.2) is 53.9 Å². The first kappa shape index (κ1) is 22.4. The van der Waals surface area contributed by atoms with Gasteiger partial charge in [0.1, 0.15) is 36.5 Å². The van der Waals surface area contributed by atoms with E-state index in [4.69, 9.17) is 19.0 Å². The van der Waals surface area contributed by atoms with Crippen LogP contribution in [0.3, 0.4) is 0 Å². The minimum atomic E-state index is -1.05. The van der Waals surface area contributed by atoms with E-state index in [1.807, 2.05) is 0 Å². The van der Waals surface area contributed by atoms with Crippen LogP contribution in [0.5, 0.6) is 29.0 Å². The summed E-state index contributed by atoms with van der Waals surface area (Å²) in [4.78, 5) is 24.4. The molecule has 11 heteroatoms. The van der Waals surface area contributed by atoms with E-state index in [9.17, 15) is 13.6 Å². The van der Waals surface area contributed by atoms with Crippen molar-refractivity contribution in [3.8, 4) is 29.0 Å². The first-order chi connectivity index (χ1) is 15.5. The van der Waals surface area contributed by atoms with Crippen molar-refractivity contribution in [2.75, 3.05) is 21.3 Å². The number of carbonyl (C=O) groups is 1. The summed E-state index contributed by atoms with van der Waals surface area (Å²) in [6, 6.07) is 9.73. The van der Waals surface area contributed by atoms with Crippen LogP contribution < -0.4 is 19.5 Å². The lowest BCUT2D eigenvalue weighted by molar-refractivity contribution is -0.114. The number of carbonyl (C=O) groups excluding carboxylic acids is 1. The number of hydrogen-bond acceptors (Lipinski definition) is 8. The number of ether oxygens (including phenoxy) is 3. The van der Waals surface area contributed by atoms with Crippen LogP contribution in [-0.4, -0.2) is 42.9 Å². The Kier molecular flexibility index (Phi) is 7.11. The van der Waals surface area contributed by atoms with Gasteiger partial charge in [0.15, 0.2) is 5.71 Å². The fourth-order valence-electron chi connectivity index (χ4n) is 2.56. The van der Waals surface area contributed by atoms with Crippen molar-refractivity contribution >= 4 is 11.6 Å². The van der Waals surface area contributed by atoms with E-state index in [0.717, 1.165) is 18.5 Å². The molecule has 2 aromatic carbocycles. The van der Waals surface area contributed by atoms with Gasteiger partial charge in [-0.3, -0.25) is 4.79 Å². The highest BCUT2D eigenvalue weighted by molar-refractivity contribution is 6.45. The van der Waals surface area contributed by atoms with Gasteiger partial charge >= 0.3 is 0 Å². The molecule has 0 atom stereocenters. The first-order valence-corrected chi connectivity index (χ1v) is 9.10. The van der Waals surface area contributed by atoms with Gasteiger partial charge in [-0.1, -0.05) is 11.2 Å². The van der Waals surface area contributed by atoms with Crippen LogP contribution in [0.4, 0.5) is 8.78 Å². The third kappa shape index (κ3) is 5.06. The SMILES string of the molecule is CNC(=O)C(=NOC)c1ccc(F)cc1Oc1ncnc(Oc2cccc(OC)c2)c1F. The summed E-state index contributed by atoms with van der Waals surface area (Å²) >= 11 is 0. The van der Waals surface area contributed by atoms with Crippen LogP contribution in [0.2, 0.25) is 0 Å². The highest BCUT2D eigenvalue weighted by atomic mass is 19.1. The fraction of sp³-hybridized carbons (Fsp3) is 0.143. The molecule has 0 aliphatic rings. The summed E-state index contributed by atoms with van der Waals surface area (Å²) in [6.45, 7) is 0. The number of benzene rings is 2. The van der Waals surface area contributed by atoms with Gasteiger partial charge in [-0.15, -0.1) is 0 Å². The number of hydrogen-bond donors (Lipinski definition) is 1. The van der Waals surface area contributed by atoms with E-state index < -0.39 is 29.3 Å². The number of aromatic nitrogens is 2. The Morgan fingerprint density at radius 3 is 2.41 bits per heavy atom. The van der Waals surface area contributed by atoms with Gasteiger partial charge in [0, 0.05) is 19.2 Å². The maximum absolute atomic E-state index is 15.0. The van der Waals surface area contributed by atoms with Crippen molar-refractivity contribution in [1.82, 2.24) is 15.3 Å². The quantitative estimate of drug-likeness (QED) is 0.419. The molecule has 1 amide bonds. The number of oxime groups is 1. The number of nitrogens with zero attached hydrogens (tertiary/aromatic N) is 3. The van der Waals surface area contributed by atoms with E-state index in [1.165, 1.54) is 33.4 Å². The average molecular weight is 444 g/mol. The van der Waals surface area contributed by atoms with Gasteiger partial charge in [0.05, 0.1) is 12.7 Å². The van der Waals surface area contributed by atoms with E-state index in [-0.39, 0.29) is 22.8 Å². The summed E-state index contributed by atoms with van der Waals surface area (Å²) in [6.07, 6.45) is 1.01. The molecule has 3 rings (SSSR count). The standard InChI is InChI=1S/C21H18F2N4O5/c1-24-19(28)18(27-30-3)15-8-7-12(22)9-16(15)32-21-17(23)20(25-11-26-21)31-14-6-4-5-13(10-14)29-2/h4-11H,1-3H3,(H,24,28). The van der Waals surface area contributed by atoms with Crippen molar-refractivity contribution in [3.05, 3.63) is 66.0 Å². The molecule has 1 aromatic heterocycles. The van der Waals surface area contributed by atoms with Crippen molar-refractivity contribution in [3.63, 3.8) is 0 Å². The average Bonchev–Trinajstić information content (AvgIpc) is 2.80. The van der Waals surface area contributed by atoms with Gasteiger partial charge < -0.3 is 24.4 Å². The lowest BCUT2D eigenvalue weighted by atomic mass is 10.1. The Morgan fingerprint density at radius 2 is 1.72 bits per heavy atom. The predicted octanol–water partition coefficient (Wildman–Crippen LogP) is 3.44. The molecule has 0 fully saturated rings. The molecule has 0 saturated carbocycles. The summed E-state index contributed by atoms with van der Waals surface area (Å²) in [7, 11) is 4.09. The molecule has 0 bridgehead atoms. The number of halogens is 2. The zero-order valence-corrected chi connectivity index (χ0v) is 17.3. The topological polar surface area (TPSA) is 104 Å². The van der Waals surface area contributed by atoms with Crippen LogP contribution in [0.25, 0.3) is 0 Å². The minimum absolute atomic E-state index is 0.0425. The van der Waals surface area contributed by atoms with Gasteiger partial charge in [0.25, 0.3) is 17.7 Å². The number of amides is 1. The third-order valence-corrected chi connectivity index (χ3v) is 4.01. The monoisotopic (exact) mass is 444 g/mol. The molecule has 3 aromatic rings. The van der Waals surface area contributed by atoms with E-state index in [1.54, 1.807) is 18.2 Å². The maximum Gasteiger partial charge on any atom is 0.273 e. The molecule has 0 aliphatic heterocycles. The van der Waals surface area contributed by atoms with Crippen LogP contribution in [0, 0.1) is 11.6 Å². The molecule has 9 nitrogen and oxygen atoms in total. The van der Waals surface area contributed by atoms with Gasteiger partial charge in [0.2, 0.25) is 5.82 Å². The number of rotatable bonds is 8. The molecule has 0 aliphatic carbocycles. The zero-order valence-electron chi connectivity index (χ0n) is 17.3. The molecule has 166 valence electrons. The Labute approximate surface area is 181 Å². The second-order valence-electron chi connectivity index (χ2n) is 6.02. The smallest absolute Gasteiger partial charge is 0.273 e. The Hall–Kier alpha value is -4.28. The second kappa shape index (κ2) is 10.2. The van der Waals surface area contributed by atoms with Crippen LogP contribution in [-0.2, 0) is 9.63 Å². The lowest BCUT2D eigenvalue weighted by Gasteiger charge is -2.13. The first-order valence-electron chi connectivity index (χ1n) is 9.10. The van der Waals surface area contributed by atoms with Gasteiger partial charge in [-0.05, 0) is 24.3 Å². The van der Waals surface area contributed by atoms with Crippen LogP contribution in [0.1, 0.15) is 5.56 Å². The normalized spacial score (nSPS) is 11.0. The van der Waals surface area contributed by atoms with Gasteiger partial charge in [-0.2, -0.15) is 14.4 Å². The molecular formula is C21H18F2N4O5.